The summed E-state index contributed by atoms with van der Waals surface area (Å²) in [7, 11) is 0. The van der Waals surface area contributed by atoms with Crippen LogP contribution < -0.4 is 10.6 Å². The average molecular weight is 324 g/mol. The molecule has 0 radical (unpaired) electrons. The van der Waals surface area contributed by atoms with Crippen molar-refractivity contribution in [2.75, 3.05) is 13.1 Å². The monoisotopic (exact) mass is 324 g/mol. The van der Waals surface area contributed by atoms with E-state index in [2.05, 4.69) is 68.7 Å². The van der Waals surface area contributed by atoms with Gasteiger partial charge in [0.25, 0.3) is 0 Å². The van der Waals surface area contributed by atoms with Gasteiger partial charge < -0.3 is 10.6 Å². The van der Waals surface area contributed by atoms with E-state index in [9.17, 15) is 4.79 Å². The van der Waals surface area contributed by atoms with Gasteiger partial charge in [-0.15, -0.1) is 0 Å². The first-order valence-electron chi connectivity index (χ1n) is 8.59. The molecule has 0 bridgehead atoms. The third kappa shape index (κ3) is 5.20. The van der Waals surface area contributed by atoms with E-state index >= 15 is 0 Å². The fraction of sp³-hybridized carbons (Fsp3) is 0.381. The zero-order valence-corrected chi connectivity index (χ0v) is 15.1. The Kier molecular flexibility index (Phi) is 6.56. The Morgan fingerprint density at radius 2 is 1.75 bits per heavy atom. The van der Waals surface area contributed by atoms with E-state index in [-0.39, 0.29) is 11.9 Å². The molecular formula is C21H28N2O. The minimum absolute atomic E-state index is 0.0370. The molecule has 0 heterocycles. The van der Waals surface area contributed by atoms with Gasteiger partial charge in [0.05, 0.1) is 6.54 Å². The van der Waals surface area contributed by atoms with E-state index in [1.54, 1.807) is 0 Å². The molecule has 0 aliphatic rings. The smallest absolute Gasteiger partial charge is 0.233 e. The van der Waals surface area contributed by atoms with E-state index in [0.29, 0.717) is 19.0 Å². The Hall–Kier alpha value is -2.13. The number of rotatable bonds is 7. The summed E-state index contributed by atoms with van der Waals surface area (Å²) in [4.78, 5) is 12.1. The minimum atomic E-state index is 0.0370. The lowest BCUT2D eigenvalue weighted by atomic mass is 10.00. The summed E-state index contributed by atoms with van der Waals surface area (Å²) in [5.41, 5.74) is 4.99. The van der Waals surface area contributed by atoms with Crippen molar-refractivity contribution >= 4 is 5.91 Å². The molecule has 1 amide bonds. The van der Waals surface area contributed by atoms with Crippen LogP contribution in [-0.4, -0.2) is 19.0 Å². The number of hydrogen-bond acceptors (Lipinski definition) is 2. The molecule has 0 aliphatic carbocycles. The lowest BCUT2D eigenvalue weighted by Crippen LogP contribution is -2.36. The van der Waals surface area contributed by atoms with Crippen LogP contribution in [-0.2, 0) is 4.79 Å². The lowest BCUT2D eigenvalue weighted by molar-refractivity contribution is -0.120. The first kappa shape index (κ1) is 18.2. The Morgan fingerprint density at radius 1 is 1.04 bits per heavy atom. The number of amides is 1. The van der Waals surface area contributed by atoms with Crippen LogP contribution in [0.15, 0.2) is 48.5 Å². The fourth-order valence-electron chi connectivity index (χ4n) is 2.81. The number of benzene rings is 2. The molecule has 0 aliphatic heterocycles. The van der Waals surface area contributed by atoms with Gasteiger partial charge in [-0.3, -0.25) is 4.79 Å². The molecule has 0 unspecified atom stereocenters. The van der Waals surface area contributed by atoms with Crippen LogP contribution in [0.2, 0.25) is 0 Å². The average Bonchev–Trinajstić information content (AvgIpc) is 2.60. The second-order valence-corrected chi connectivity index (χ2v) is 6.58. The van der Waals surface area contributed by atoms with Gasteiger partial charge in [0, 0.05) is 12.6 Å². The highest BCUT2D eigenvalue weighted by Gasteiger charge is 2.11. The van der Waals surface area contributed by atoms with Crippen LogP contribution in [0.5, 0.6) is 0 Å². The Labute approximate surface area is 145 Å². The van der Waals surface area contributed by atoms with Gasteiger partial charge in [0.15, 0.2) is 0 Å². The maximum Gasteiger partial charge on any atom is 0.233 e. The molecule has 0 aromatic heterocycles. The molecule has 0 saturated carbocycles. The topological polar surface area (TPSA) is 41.1 Å². The highest BCUT2D eigenvalue weighted by Crippen LogP contribution is 2.18. The van der Waals surface area contributed by atoms with Crippen molar-refractivity contribution in [1.29, 1.82) is 0 Å². The quantitative estimate of drug-likeness (QED) is 0.811. The SMILES string of the molecule is Cc1ccc(C)c([C@@H](C)NCC(=O)NC[C@H](C)c2ccccc2)c1. The number of hydrogen-bond donors (Lipinski definition) is 2. The van der Waals surface area contributed by atoms with Crippen molar-refractivity contribution in [3.63, 3.8) is 0 Å². The Morgan fingerprint density at radius 3 is 2.46 bits per heavy atom. The number of aryl methyl sites for hydroxylation is 2. The molecule has 2 atom stereocenters. The molecule has 0 fully saturated rings. The summed E-state index contributed by atoms with van der Waals surface area (Å²) >= 11 is 0. The van der Waals surface area contributed by atoms with Crippen LogP contribution in [0.1, 0.15) is 48.1 Å². The van der Waals surface area contributed by atoms with Gasteiger partial charge >= 0.3 is 0 Å². The van der Waals surface area contributed by atoms with Crippen molar-refractivity contribution in [2.24, 2.45) is 0 Å². The van der Waals surface area contributed by atoms with Gasteiger partial charge in [0.2, 0.25) is 5.91 Å². The lowest BCUT2D eigenvalue weighted by Gasteiger charge is -2.18. The van der Waals surface area contributed by atoms with Crippen molar-refractivity contribution in [3.05, 3.63) is 70.8 Å². The zero-order chi connectivity index (χ0) is 17.5. The van der Waals surface area contributed by atoms with Gasteiger partial charge in [-0.05, 0) is 43.4 Å². The molecule has 24 heavy (non-hydrogen) atoms. The van der Waals surface area contributed by atoms with Crippen molar-refractivity contribution in [1.82, 2.24) is 10.6 Å². The summed E-state index contributed by atoms with van der Waals surface area (Å²) in [6, 6.07) is 16.8. The molecule has 0 saturated heterocycles. The Bertz CT molecular complexity index is 667. The molecule has 2 aromatic carbocycles. The summed E-state index contributed by atoms with van der Waals surface area (Å²) < 4.78 is 0. The molecular weight excluding hydrogens is 296 g/mol. The van der Waals surface area contributed by atoms with Crippen LogP contribution in [0.4, 0.5) is 0 Å². The fourth-order valence-corrected chi connectivity index (χ4v) is 2.81. The third-order valence-corrected chi connectivity index (χ3v) is 4.44. The largest absolute Gasteiger partial charge is 0.354 e. The molecule has 2 rings (SSSR count). The first-order valence-corrected chi connectivity index (χ1v) is 8.59. The molecule has 2 aromatic rings. The van der Waals surface area contributed by atoms with Crippen LogP contribution >= 0.6 is 0 Å². The second-order valence-electron chi connectivity index (χ2n) is 6.58. The van der Waals surface area contributed by atoms with Gasteiger partial charge in [-0.1, -0.05) is 61.0 Å². The number of carbonyl (C=O) groups is 1. The highest BCUT2D eigenvalue weighted by atomic mass is 16.1. The van der Waals surface area contributed by atoms with Gasteiger partial charge in [0.1, 0.15) is 0 Å². The third-order valence-electron chi connectivity index (χ3n) is 4.44. The molecule has 3 nitrogen and oxygen atoms in total. The van der Waals surface area contributed by atoms with E-state index < -0.39 is 0 Å². The van der Waals surface area contributed by atoms with E-state index in [1.165, 1.54) is 22.3 Å². The van der Waals surface area contributed by atoms with Gasteiger partial charge in [-0.2, -0.15) is 0 Å². The van der Waals surface area contributed by atoms with E-state index in [4.69, 9.17) is 0 Å². The maximum atomic E-state index is 12.1. The molecule has 0 spiro atoms. The summed E-state index contributed by atoms with van der Waals surface area (Å²) in [6.07, 6.45) is 0. The van der Waals surface area contributed by atoms with E-state index in [0.717, 1.165) is 0 Å². The molecule has 3 heteroatoms. The summed E-state index contributed by atoms with van der Waals surface area (Å²) in [6.45, 7) is 9.41. The maximum absolute atomic E-state index is 12.1. The summed E-state index contributed by atoms with van der Waals surface area (Å²) in [5.74, 6) is 0.349. The van der Waals surface area contributed by atoms with Gasteiger partial charge in [-0.25, -0.2) is 0 Å². The number of nitrogens with one attached hydrogen (secondary N) is 2. The van der Waals surface area contributed by atoms with Crippen molar-refractivity contribution in [3.8, 4) is 0 Å². The second kappa shape index (κ2) is 8.65. The molecule has 128 valence electrons. The Balaban J connectivity index is 1.79. The minimum Gasteiger partial charge on any atom is -0.354 e. The van der Waals surface area contributed by atoms with Crippen molar-refractivity contribution in [2.45, 2.75) is 39.7 Å². The highest BCUT2D eigenvalue weighted by molar-refractivity contribution is 5.78. The standard InChI is InChI=1S/C21H28N2O/c1-15-10-11-16(2)20(12-15)18(4)22-14-21(24)23-13-17(3)19-8-6-5-7-9-19/h5-12,17-18,22H,13-14H2,1-4H3,(H,23,24)/t17-,18+/m0/s1. The number of carbonyl (C=O) groups excluding carboxylic acids is 1. The van der Waals surface area contributed by atoms with Crippen molar-refractivity contribution < 1.29 is 4.79 Å². The first-order chi connectivity index (χ1) is 11.5. The normalized spacial score (nSPS) is 13.3. The van der Waals surface area contributed by atoms with Crippen LogP contribution in [0, 0.1) is 13.8 Å². The molecule has 2 N–H and O–H groups in total. The predicted molar refractivity (Wildman–Crippen MR) is 100 cm³/mol. The van der Waals surface area contributed by atoms with Crippen LogP contribution in [0.3, 0.4) is 0 Å². The summed E-state index contributed by atoms with van der Waals surface area (Å²) in [5, 5.41) is 6.33. The van der Waals surface area contributed by atoms with Crippen LogP contribution in [0.25, 0.3) is 0 Å². The predicted octanol–water partition coefficient (Wildman–Crippen LogP) is 3.87. The zero-order valence-electron chi connectivity index (χ0n) is 15.1. The van der Waals surface area contributed by atoms with E-state index in [1.807, 2.05) is 18.2 Å².